The summed E-state index contributed by atoms with van der Waals surface area (Å²) in [5.74, 6) is -0.396. The molecular formula is C21H24N4O3S. The molecule has 3 aromatic rings. The van der Waals surface area contributed by atoms with E-state index in [-0.39, 0.29) is 11.6 Å². The number of carbonyl (C=O) groups is 2. The van der Waals surface area contributed by atoms with E-state index >= 15 is 0 Å². The number of amides is 2. The number of anilines is 1. The molecule has 0 radical (unpaired) electrons. The number of hydrogen-bond acceptors (Lipinski definition) is 6. The van der Waals surface area contributed by atoms with Gasteiger partial charge in [0.05, 0.1) is 6.26 Å². The van der Waals surface area contributed by atoms with Gasteiger partial charge in [-0.1, -0.05) is 16.6 Å². The SMILES string of the molecule is Cc1cccc(N(C(=O)c2csnn2)C(C(=O)NC(C)(C)C)c2ccco2)c1C. The van der Waals surface area contributed by atoms with Crippen molar-refractivity contribution in [2.75, 3.05) is 4.90 Å². The fraction of sp³-hybridized carbons (Fsp3) is 0.333. The number of nitrogens with one attached hydrogen (secondary N) is 1. The van der Waals surface area contributed by atoms with Crippen molar-refractivity contribution in [2.24, 2.45) is 0 Å². The first-order valence-electron chi connectivity index (χ1n) is 9.21. The smallest absolute Gasteiger partial charge is 0.280 e. The van der Waals surface area contributed by atoms with Gasteiger partial charge < -0.3 is 9.73 Å². The number of benzene rings is 1. The largest absolute Gasteiger partial charge is 0.467 e. The number of nitrogens with zero attached hydrogens (tertiary/aromatic N) is 3. The van der Waals surface area contributed by atoms with E-state index in [4.69, 9.17) is 4.42 Å². The maximum Gasteiger partial charge on any atom is 0.280 e. The molecule has 1 unspecified atom stereocenters. The van der Waals surface area contributed by atoms with E-state index in [9.17, 15) is 9.59 Å². The summed E-state index contributed by atoms with van der Waals surface area (Å²) >= 11 is 1.08. The van der Waals surface area contributed by atoms with Crippen LogP contribution in [0.15, 0.2) is 46.4 Å². The van der Waals surface area contributed by atoms with Crippen LogP contribution >= 0.6 is 11.5 Å². The second-order valence-electron chi connectivity index (χ2n) is 7.84. The Morgan fingerprint density at radius 2 is 1.93 bits per heavy atom. The molecule has 1 atom stereocenters. The van der Waals surface area contributed by atoms with Crippen LogP contribution in [0.2, 0.25) is 0 Å². The Morgan fingerprint density at radius 3 is 2.52 bits per heavy atom. The van der Waals surface area contributed by atoms with Gasteiger partial charge in [-0.05, 0) is 75.5 Å². The number of carbonyl (C=O) groups excluding carboxylic acids is 2. The van der Waals surface area contributed by atoms with Crippen molar-refractivity contribution >= 4 is 29.0 Å². The molecule has 1 aromatic carbocycles. The molecule has 1 N–H and O–H groups in total. The molecule has 0 aliphatic rings. The van der Waals surface area contributed by atoms with E-state index in [1.807, 2.05) is 52.8 Å². The van der Waals surface area contributed by atoms with Crippen LogP contribution in [0.3, 0.4) is 0 Å². The normalized spacial score (nSPS) is 12.4. The lowest BCUT2D eigenvalue weighted by molar-refractivity contribution is -0.124. The summed E-state index contributed by atoms with van der Waals surface area (Å²) in [5, 5.41) is 8.46. The molecule has 2 aromatic heterocycles. The Labute approximate surface area is 173 Å². The molecule has 0 spiro atoms. The van der Waals surface area contributed by atoms with Crippen LogP contribution in [0.4, 0.5) is 5.69 Å². The van der Waals surface area contributed by atoms with E-state index < -0.39 is 17.5 Å². The van der Waals surface area contributed by atoms with Gasteiger partial charge in [0, 0.05) is 16.6 Å². The van der Waals surface area contributed by atoms with Crippen molar-refractivity contribution in [1.29, 1.82) is 0 Å². The summed E-state index contributed by atoms with van der Waals surface area (Å²) in [7, 11) is 0. The number of furan rings is 1. The van der Waals surface area contributed by atoms with Gasteiger partial charge in [0.25, 0.3) is 11.8 Å². The average molecular weight is 413 g/mol. The van der Waals surface area contributed by atoms with Gasteiger partial charge in [-0.2, -0.15) is 0 Å². The molecule has 0 saturated carbocycles. The molecule has 3 rings (SSSR count). The monoisotopic (exact) mass is 412 g/mol. The van der Waals surface area contributed by atoms with E-state index in [0.717, 1.165) is 22.7 Å². The number of rotatable bonds is 5. The van der Waals surface area contributed by atoms with Gasteiger partial charge in [-0.15, -0.1) is 5.10 Å². The first-order chi connectivity index (χ1) is 13.7. The topological polar surface area (TPSA) is 88.3 Å². The molecular weight excluding hydrogens is 388 g/mol. The van der Waals surface area contributed by atoms with Crippen LogP contribution in [0.1, 0.15) is 54.2 Å². The predicted molar refractivity (Wildman–Crippen MR) is 112 cm³/mol. The van der Waals surface area contributed by atoms with Gasteiger partial charge in [0.1, 0.15) is 5.76 Å². The zero-order chi connectivity index (χ0) is 21.2. The highest BCUT2D eigenvalue weighted by molar-refractivity contribution is 7.03. The fourth-order valence-electron chi connectivity index (χ4n) is 3.00. The lowest BCUT2D eigenvalue weighted by Crippen LogP contribution is -2.49. The first-order valence-corrected chi connectivity index (χ1v) is 10.0. The summed E-state index contributed by atoms with van der Waals surface area (Å²) in [6.45, 7) is 9.55. The summed E-state index contributed by atoms with van der Waals surface area (Å²) in [6, 6.07) is 8.03. The van der Waals surface area contributed by atoms with E-state index in [1.165, 1.54) is 11.2 Å². The van der Waals surface area contributed by atoms with Gasteiger partial charge in [0.2, 0.25) is 0 Å². The first kappa shape index (κ1) is 20.7. The highest BCUT2D eigenvalue weighted by Crippen LogP contribution is 2.33. The van der Waals surface area contributed by atoms with Gasteiger partial charge in [-0.3, -0.25) is 14.5 Å². The molecule has 0 aliphatic heterocycles. The minimum absolute atomic E-state index is 0.177. The van der Waals surface area contributed by atoms with Crippen LogP contribution in [0.5, 0.6) is 0 Å². The van der Waals surface area contributed by atoms with Crippen molar-refractivity contribution in [3.8, 4) is 0 Å². The van der Waals surface area contributed by atoms with Crippen LogP contribution in [0, 0.1) is 13.8 Å². The lowest BCUT2D eigenvalue weighted by atomic mass is 10.0. The molecule has 29 heavy (non-hydrogen) atoms. The number of hydrogen-bond donors (Lipinski definition) is 1. The minimum atomic E-state index is -1.00. The van der Waals surface area contributed by atoms with Crippen molar-refractivity contribution < 1.29 is 14.0 Å². The summed E-state index contributed by atoms with van der Waals surface area (Å²) in [4.78, 5) is 28.3. The molecule has 0 aliphatic carbocycles. The summed E-state index contributed by atoms with van der Waals surface area (Å²) in [6.07, 6.45) is 1.49. The van der Waals surface area contributed by atoms with E-state index in [0.29, 0.717) is 11.4 Å². The lowest BCUT2D eigenvalue weighted by Gasteiger charge is -2.33. The maximum atomic E-state index is 13.5. The third-order valence-corrected chi connectivity index (χ3v) is 4.96. The molecule has 0 saturated heterocycles. The quantitative estimate of drug-likeness (QED) is 0.683. The minimum Gasteiger partial charge on any atom is -0.467 e. The van der Waals surface area contributed by atoms with E-state index in [1.54, 1.807) is 17.5 Å². The molecule has 152 valence electrons. The maximum absolute atomic E-state index is 13.5. The van der Waals surface area contributed by atoms with Crippen molar-refractivity contribution in [2.45, 2.75) is 46.2 Å². The van der Waals surface area contributed by atoms with Gasteiger partial charge in [0.15, 0.2) is 11.7 Å². The van der Waals surface area contributed by atoms with Crippen LogP contribution in [-0.2, 0) is 4.79 Å². The Hall–Kier alpha value is -3.00. The second-order valence-corrected chi connectivity index (χ2v) is 8.45. The predicted octanol–water partition coefficient (Wildman–Crippen LogP) is 4.05. The molecule has 0 fully saturated rings. The van der Waals surface area contributed by atoms with Crippen molar-refractivity contribution in [3.63, 3.8) is 0 Å². The summed E-state index contributed by atoms with van der Waals surface area (Å²) < 4.78 is 9.39. The zero-order valence-electron chi connectivity index (χ0n) is 17.1. The zero-order valence-corrected chi connectivity index (χ0v) is 17.9. The fourth-order valence-corrected chi connectivity index (χ4v) is 3.43. The van der Waals surface area contributed by atoms with Crippen LogP contribution in [-0.4, -0.2) is 26.9 Å². The third kappa shape index (κ3) is 4.54. The second kappa shape index (κ2) is 8.16. The standard InChI is InChI=1S/C21H24N4O3S/c1-13-8-6-9-16(14(13)2)25(20(27)15-12-29-24-23-15)18(17-10-7-11-28-17)19(26)22-21(3,4)5/h6-12,18H,1-5H3,(H,22,26). The van der Waals surface area contributed by atoms with Crippen molar-refractivity contribution in [3.05, 3.63) is 64.6 Å². The highest BCUT2D eigenvalue weighted by atomic mass is 32.1. The Bertz CT molecular complexity index is 992. The van der Waals surface area contributed by atoms with Gasteiger partial charge >= 0.3 is 0 Å². The highest BCUT2D eigenvalue weighted by Gasteiger charge is 2.38. The third-order valence-electron chi connectivity index (χ3n) is 4.45. The van der Waals surface area contributed by atoms with Crippen LogP contribution < -0.4 is 10.2 Å². The number of aryl methyl sites for hydroxylation is 1. The average Bonchev–Trinajstić information content (AvgIpc) is 3.34. The van der Waals surface area contributed by atoms with E-state index in [2.05, 4.69) is 14.9 Å². The Morgan fingerprint density at radius 1 is 1.17 bits per heavy atom. The molecule has 2 amide bonds. The summed E-state index contributed by atoms with van der Waals surface area (Å²) in [5.41, 5.74) is 2.21. The molecule has 8 heteroatoms. The van der Waals surface area contributed by atoms with Crippen LogP contribution in [0.25, 0.3) is 0 Å². The number of aromatic nitrogens is 2. The molecule has 0 bridgehead atoms. The van der Waals surface area contributed by atoms with Crippen molar-refractivity contribution in [1.82, 2.24) is 14.9 Å². The Balaban J connectivity index is 2.19. The molecule has 7 nitrogen and oxygen atoms in total. The van der Waals surface area contributed by atoms with Gasteiger partial charge in [-0.25, -0.2) is 0 Å². The molecule has 2 heterocycles. The Kier molecular flexibility index (Phi) is 5.83.